The quantitative estimate of drug-likeness (QED) is 0.785. The van der Waals surface area contributed by atoms with Crippen LogP contribution in [-0.2, 0) is 0 Å². The molecule has 1 fully saturated rings. The van der Waals surface area contributed by atoms with Crippen molar-refractivity contribution in [2.24, 2.45) is 0 Å². The number of aliphatic hydroxyl groups excluding tert-OH is 1. The predicted molar refractivity (Wildman–Crippen MR) is 62.4 cm³/mol. The second-order valence-corrected chi connectivity index (χ2v) is 4.48. The van der Waals surface area contributed by atoms with E-state index in [1.165, 1.54) is 6.07 Å². The van der Waals surface area contributed by atoms with Crippen LogP contribution in [0.25, 0.3) is 0 Å². The first-order chi connectivity index (χ1) is 8.61. The Morgan fingerprint density at radius 1 is 1.33 bits per heavy atom. The van der Waals surface area contributed by atoms with Gasteiger partial charge < -0.3 is 5.11 Å². The molecule has 1 aromatic rings. The average Bonchev–Trinajstić information content (AvgIpc) is 3.16. The lowest BCUT2D eigenvalue weighted by Crippen LogP contribution is -2.34. The van der Waals surface area contributed by atoms with Gasteiger partial charge in [0, 0.05) is 18.2 Å². The lowest BCUT2D eigenvalue weighted by molar-refractivity contribution is 0.0906. The molecule has 0 bridgehead atoms. The maximum atomic E-state index is 13.0. The number of benzene rings is 1. The van der Waals surface area contributed by atoms with Crippen molar-refractivity contribution in [3.05, 3.63) is 35.4 Å². The van der Waals surface area contributed by atoms with Gasteiger partial charge in [-0.25, -0.2) is 8.78 Å². The van der Waals surface area contributed by atoms with Crippen molar-refractivity contribution in [1.82, 2.24) is 4.90 Å². The van der Waals surface area contributed by atoms with E-state index in [2.05, 4.69) is 0 Å². The molecule has 18 heavy (non-hydrogen) atoms. The van der Waals surface area contributed by atoms with Gasteiger partial charge in [-0.2, -0.15) is 0 Å². The highest BCUT2D eigenvalue weighted by Gasteiger charge is 2.30. The molecule has 0 unspecified atom stereocenters. The average molecular weight is 255 g/mol. The Labute approximate surface area is 104 Å². The van der Waals surface area contributed by atoms with Gasteiger partial charge in [-0.05, 0) is 31.0 Å². The van der Waals surface area contributed by atoms with E-state index in [1.807, 2.05) is 4.90 Å². The summed E-state index contributed by atoms with van der Waals surface area (Å²) in [6, 6.07) is 3.49. The van der Waals surface area contributed by atoms with E-state index in [4.69, 9.17) is 5.11 Å². The highest BCUT2D eigenvalue weighted by Crippen LogP contribution is 2.26. The van der Waals surface area contributed by atoms with Crippen LogP contribution in [-0.4, -0.2) is 41.5 Å². The first-order valence-corrected chi connectivity index (χ1v) is 5.95. The van der Waals surface area contributed by atoms with Crippen molar-refractivity contribution in [2.45, 2.75) is 18.9 Å². The summed E-state index contributed by atoms with van der Waals surface area (Å²) in [5, 5.41) is 8.91. The number of Topliss-reactive ketones (excluding diaryl/α,β-unsaturated/α-hetero) is 1. The highest BCUT2D eigenvalue weighted by molar-refractivity contribution is 5.97. The summed E-state index contributed by atoms with van der Waals surface area (Å²) in [6.07, 6.45) is 2.04. The molecule has 1 aliphatic carbocycles. The molecule has 1 N–H and O–H groups in total. The lowest BCUT2D eigenvalue weighted by atomic mass is 10.1. The maximum Gasteiger partial charge on any atom is 0.176 e. The van der Waals surface area contributed by atoms with Gasteiger partial charge >= 0.3 is 0 Å². The fourth-order valence-electron chi connectivity index (χ4n) is 1.90. The minimum absolute atomic E-state index is 0.0123. The molecule has 5 heteroatoms. The molecule has 2 rings (SSSR count). The number of hydrogen-bond acceptors (Lipinski definition) is 3. The highest BCUT2D eigenvalue weighted by atomic mass is 19.2. The number of nitrogens with zero attached hydrogens (tertiary/aromatic N) is 1. The topological polar surface area (TPSA) is 40.5 Å². The summed E-state index contributed by atoms with van der Waals surface area (Å²) in [5.41, 5.74) is 0.164. The van der Waals surface area contributed by atoms with Crippen LogP contribution in [0.4, 0.5) is 8.78 Å². The zero-order valence-electron chi connectivity index (χ0n) is 9.90. The fourth-order valence-corrected chi connectivity index (χ4v) is 1.90. The molecule has 98 valence electrons. The van der Waals surface area contributed by atoms with E-state index < -0.39 is 11.6 Å². The zero-order valence-corrected chi connectivity index (χ0v) is 9.90. The van der Waals surface area contributed by atoms with Gasteiger partial charge in [-0.15, -0.1) is 0 Å². The molecule has 0 heterocycles. The van der Waals surface area contributed by atoms with Crippen LogP contribution in [0.5, 0.6) is 0 Å². The minimum atomic E-state index is -1.01. The summed E-state index contributed by atoms with van der Waals surface area (Å²) in [5.74, 6) is -2.23. The van der Waals surface area contributed by atoms with Gasteiger partial charge in [0.25, 0.3) is 0 Å². The summed E-state index contributed by atoms with van der Waals surface area (Å²) in [7, 11) is 0. The van der Waals surface area contributed by atoms with E-state index >= 15 is 0 Å². The SMILES string of the molecule is O=C(CN(CCO)C1CC1)c1ccc(F)c(F)c1. The Balaban J connectivity index is 2.03. The number of carbonyl (C=O) groups is 1. The molecule has 0 spiro atoms. The summed E-state index contributed by atoms with van der Waals surface area (Å²) >= 11 is 0. The predicted octanol–water partition coefficient (Wildman–Crippen LogP) is 1.60. The Morgan fingerprint density at radius 3 is 2.61 bits per heavy atom. The van der Waals surface area contributed by atoms with Crippen LogP contribution >= 0.6 is 0 Å². The van der Waals surface area contributed by atoms with Gasteiger partial charge in [0.1, 0.15) is 0 Å². The van der Waals surface area contributed by atoms with Crippen LogP contribution in [0.1, 0.15) is 23.2 Å². The molecule has 0 atom stereocenters. The number of ketones is 1. The van der Waals surface area contributed by atoms with Crippen LogP contribution in [0, 0.1) is 11.6 Å². The fraction of sp³-hybridized carbons (Fsp3) is 0.462. The zero-order chi connectivity index (χ0) is 13.1. The molecular formula is C13H15F2NO2. The molecule has 1 saturated carbocycles. The van der Waals surface area contributed by atoms with Crippen LogP contribution < -0.4 is 0 Å². The monoisotopic (exact) mass is 255 g/mol. The second-order valence-electron chi connectivity index (χ2n) is 4.48. The first-order valence-electron chi connectivity index (χ1n) is 5.95. The van der Waals surface area contributed by atoms with E-state index in [0.717, 1.165) is 25.0 Å². The standard InChI is InChI=1S/C13H15F2NO2/c14-11-4-1-9(7-12(11)15)13(18)8-16(5-6-17)10-2-3-10/h1,4,7,10,17H,2-3,5-6,8H2. The summed E-state index contributed by atoms with van der Waals surface area (Å²) in [6.45, 7) is 0.554. The van der Waals surface area contributed by atoms with E-state index in [9.17, 15) is 13.6 Å². The minimum Gasteiger partial charge on any atom is -0.395 e. The molecule has 3 nitrogen and oxygen atoms in total. The number of hydrogen-bond donors (Lipinski definition) is 1. The van der Waals surface area contributed by atoms with E-state index in [1.54, 1.807) is 0 Å². The summed E-state index contributed by atoms with van der Waals surface area (Å²) in [4.78, 5) is 13.8. The number of halogens is 2. The van der Waals surface area contributed by atoms with Crippen molar-refractivity contribution < 1.29 is 18.7 Å². The largest absolute Gasteiger partial charge is 0.395 e. The third kappa shape index (κ3) is 3.11. The molecule has 0 saturated heterocycles. The smallest absolute Gasteiger partial charge is 0.176 e. The molecule has 0 amide bonds. The van der Waals surface area contributed by atoms with Crippen molar-refractivity contribution in [2.75, 3.05) is 19.7 Å². The van der Waals surface area contributed by atoms with Gasteiger partial charge in [-0.3, -0.25) is 9.69 Å². The number of aliphatic hydroxyl groups is 1. The van der Waals surface area contributed by atoms with E-state index in [-0.39, 0.29) is 24.5 Å². The van der Waals surface area contributed by atoms with Crippen LogP contribution in [0.3, 0.4) is 0 Å². The number of carbonyl (C=O) groups excluding carboxylic acids is 1. The van der Waals surface area contributed by atoms with Gasteiger partial charge in [0.2, 0.25) is 0 Å². The van der Waals surface area contributed by atoms with E-state index in [0.29, 0.717) is 12.6 Å². The Bertz CT molecular complexity index is 447. The molecule has 1 aromatic carbocycles. The van der Waals surface area contributed by atoms with Crippen molar-refractivity contribution in [3.8, 4) is 0 Å². The normalized spacial score (nSPS) is 15.1. The maximum absolute atomic E-state index is 13.0. The van der Waals surface area contributed by atoms with Gasteiger partial charge in [0.05, 0.1) is 13.2 Å². The Morgan fingerprint density at radius 2 is 2.06 bits per heavy atom. The molecule has 0 radical (unpaired) electrons. The first kappa shape index (κ1) is 13.1. The molecular weight excluding hydrogens is 240 g/mol. The Kier molecular flexibility index (Phi) is 4.04. The van der Waals surface area contributed by atoms with Crippen LogP contribution in [0.15, 0.2) is 18.2 Å². The van der Waals surface area contributed by atoms with Crippen molar-refractivity contribution in [1.29, 1.82) is 0 Å². The van der Waals surface area contributed by atoms with Crippen molar-refractivity contribution in [3.63, 3.8) is 0 Å². The lowest BCUT2D eigenvalue weighted by Gasteiger charge is -2.19. The molecule has 0 aromatic heterocycles. The Hall–Kier alpha value is -1.33. The molecule has 0 aliphatic heterocycles. The van der Waals surface area contributed by atoms with Gasteiger partial charge in [0.15, 0.2) is 17.4 Å². The van der Waals surface area contributed by atoms with Crippen molar-refractivity contribution >= 4 is 5.78 Å². The number of rotatable bonds is 6. The third-order valence-corrected chi connectivity index (χ3v) is 3.04. The third-order valence-electron chi connectivity index (χ3n) is 3.04. The van der Waals surface area contributed by atoms with Crippen LogP contribution in [0.2, 0.25) is 0 Å². The van der Waals surface area contributed by atoms with Gasteiger partial charge in [-0.1, -0.05) is 0 Å². The summed E-state index contributed by atoms with van der Waals surface area (Å²) < 4.78 is 25.8. The molecule has 1 aliphatic rings. The second kappa shape index (κ2) is 5.54.